The Morgan fingerprint density at radius 2 is 1.00 bits per heavy atom. The van der Waals surface area contributed by atoms with Gasteiger partial charge < -0.3 is 14.2 Å². The number of para-hydroxylation sites is 3. The average Bonchev–Trinajstić information content (AvgIpc) is 3.82. The van der Waals surface area contributed by atoms with Gasteiger partial charge in [0.25, 0.3) is 0 Å². The van der Waals surface area contributed by atoms with E-state index in [9.17, 15) is 0 Å². The lowest BCUT2D eigenvalue weighted by Crippen LogP contribution is -2.44. The number of furan rings is 2. The maximum absolute atomic E-state index is 6.90. The molecule has 8 aromatic carbocycles. The first kappa shape index (κ1) is 30.7. The van der Waals surface area contributed by atoms with Crippen LogP contribution in [0.1, 0.15) is 29.0 Å². The van der Waals surface area contributed by atoms with Crippen molar-refractivity contribution in [2.24, 2.45) is 4.99 Å². The third kappa shape index (κ3) is 5.01. The second-order valence-electron chi connectivity index (χ2n) is 14.0. The molecule has 54 heavy (non-hydrogen) atoms. The van der Waals surface area contributed by atoms with Crippen LogP contribution in [0.2, 0.25) is 0 Å². The number of amidine groups is 1. The summed E-state index contributed by atoms with van der Waals surface area (Å²) < 4.78 is 13.5. The van der Waals surface area contributed by atoms with Gasteiger partial charge in [-0.3, -0.25) is 5.32 Å². The first-order valence-corrected chi connectivity index (χ1v) is 18.3. The zero-order valence-corrected chi connectivity index (χ0v) is 29.2. The van der Waals surface area contributed by atoms with Gasteiger partial charge in [-0.15, -0.1) is 0 Å². The van der Waals surface area contributed by atoms with Gasteiger partial charge in [-0.1, -0.05) is 164 Å². The highest BCUT2D eigenvalue weighted by atomic mass is 16.3. The van der Waals surface area contributed by atoms with Gasteiger partial charge >= 0.3 is 0 Å². The molecule has 1 aliphatic rings. The van der Waals surface area contributed by atoms with Gasteiger partial charge in [-0.2, -0.15) is 0 Å². The SMILES string of the molecule is c1ccc(C2=NC(c3ccccc3)NC(c3ccc(-c4cccc5c4oc4c(-c6cccc7c6oc6cc8ccccc8cc67)cccc45)cc3)N2)cc1. The predicted molar refractivity (Wildman–Crippen MR) is 221 cm³/mol. The van der Waals surface area contributed by atoms with E-state index in [1.807, 2.05) is 24.3 Å². The Morgan fingerprint density at radius 3 is 1.70 bits per heavy atom. The summed E-state index contributed by atoms with van der Waals surface area (Å²) in [6, 6.07) is 61.5. The molecule has 5 heteroatoms. The van der Waals surface area contributed by atoms with Crippen molar-refractivity contribution >= 4 is 60.5 Å². The van der Waals surface area contributed by atoms with Crippen molar-refractivity contribution in [2.75, 3.05) is 0 Å². The number of benzene rings is 8. The van der Waals surface area contributed by atoms with Crippen LogP contribution in [0, 0.1) is 0 Å². The highest BCUT2D eigenvalue weighted by Crippen LogP contribution is 2.43. The number of rotatable bonds is 5. The van der Waals surface area contributed by atoms with E-state index in [0.29, 0.717) is 0 Å². The molecule has 0 spiro atoms. The van der Waals surface area contributed by atoms with E-state index in [4.69, 9.17) is 13.8 Å². The molecule has 2 N–H and O–H groups in total. The summed E-state index contributed by atoms with van der Waals surface area (Å²) in [7, 11) is 0. The first-order valence-electron chi connectivity index (χ1n) is 18.3. The van der Waals surface area contributed by atoms with E-state index in [1.54, 1.807) is 0 Å². The first-order chi connectivity index (χ1) is 26.7. The molecule has 3 heterocycles. The molecule has 256 valence electrons. The molecule has 10 aromatic rings. The van der Waals surface area contributed by atoms with Crippen LogP contribution >= 0.6 is 0 Å². The maximum atomic E-state index is 6.90. The number of hydrogen-bond donors (Lipinski definition) is 2. The van der Waals surface area contributed by atoms with E-state index in [2.05, 4.69) is 162 Å². The topological polar surface area (TPSA) is 62.7 Å². The smallest absolute Gasteiger partial charge is 0.143 e. The van der Waals surface area contributed by atoms with Gasteiger partial charge in [-0.05, 0) is 39.6 Å². The Bertz CT molecular complexity index is 3050. The standard InChI is InChI=1S/C49H33N3O2/c1-3-12-31(13-4-1)47-50-48(32-14-5-2-6-15-32)52-49(51-47)33-26-24-30(25-27-33)36-18-9-19-37-39-21-10-22-40(46(39)54-44(36)37)38-20-11-23-41-42-28-34-16-7-8-17-35(34)29-43(42)53-45(38)41/h1-29,47,49,51H,(H,50,52). The van der Waals surface area contributed by atoms with E-state index in [0.717, 1.165) is 88.7 Å². The Balaban J connectivity index is 0.979. The van der Waals surface area contributed by atoms with E-state index >= 15 is 0 Å². The molecule has 0 fully saturated rings. The summed E-state index contributed by atoms with van der Waals surface area (Å²) in [6.45, 7) is 0. The molecular weight excluding hydrogens is 663 g/mol. The van der Waals surface area contributed by atoms with Gasteiger partial charge in [0.15, 0.2) is 0 Å². The van der Waals surface area contributed by atoms with Crippen LogP contribution in [0.4, 0.5) is 0 Å². The van der Waals surface area contributed by atoms with E-state index in [-0.39, 0.29) is 12.3 Å². The van der Waals surface area contributed by atoms with Crippen LogP contribution in [-0.4, -0.2) is 5.84 Å². The summed E-state index contributed by atoms with van der Waals surface area (Å²) in [5.41, 5.74) is 10.9. The molecule has 5 nitrogen and oxygen atoms in total. The molecule has 11 rings (SSSR count). The number of nitrogens with zero attached hydrogens (tertiary/aromatic N) is 1. The summed E-state index contributed by atoms with van der Waals surface area (Å²) in [5, 5.41) is 14.1. The normalized spacial score (nSPS) is 16.0. The van der Waals surface area contributed by atoms with Crippen LogP contribution in [0.15, 0.2) is 190 Å². The fourth-order valence-electron chi connectivity index (χ4n) is 8.09. The van der Waals surface area contributed by atoms with Crippen LogP contribution in [-0.2, 0) is 0 Å². The minimum Gasteiger partial charge on any atom is -0.455 e. The molecule has 0 amide bonds. The lowest BCUT2D eigenvalue weighted by atomic mass is 9.98. The van der Waals surface area contributed by atoms with Crippen molar-refractivity contribution in [1.29, 1.82) is 0 Å². The number of fused-ring (bicyclic) bond motifs is 7. The molecule has 0 radical (unpaired) electrons. The summed E-state index contributed by atoms with van der Waals surface area (Å²) in [6.07, 6.45) is -0.322. The Kier molecular flexibility index (Phi) is 7.00. The van der Waals surface area contributed by atoms with Crippen molar-refractivity contribution in [1.82, 2.24) is 10.6 Å². The quantitative estimate of drug-likeness (QED) is 0.188. The van der Waals surface area contributed by atoms with Crippen molar-refractivity contribution in [3.05, 3.63) is 193 Å². The van der Waals surface area contributed by atoms with E-state index < -0.39 is 0 Å². The van der Waals surface area contributed by atoms with Crippen LogP contribution < -0.4 is 10.6 Å². The van der Waals surface area contributed by atoms with Gasteiger partial charge in [0.05, 0.1) is 0 Å². The Hall–Kier alpha value is -6.95. The van der Waals surface area contributed by atoms with Crippen LogP contribution in [0.3, 0.4) is 0 Å². The largest absolute Gasteiger partial charge is 0.455 e. The molecule has 2 unspecified atom stereocenters. The fourth-order valence-corrected chi connectivity index (χ4v) is 8.09. The molecule has 0 bridgehead atoms. The molecule has 2 atom stereocenters. The van der Waals surface area contributed by atoms with Crippen molar-refractivity contribution in [3.8, 4) is 22.3 Å². The lowest BCUT2D eigenvalue weighted by Gasteiger charge is -2.32. The van der Waals surface area contributed by atoms with Crippen molar-refractivity contribution in [2.45, 2.75) is 12.3 Å². The predicted octanol–water partition coefficient (Wildman–Crippen LogP) is 12.3. The van der Waals surface area contributed by atoms with Crippen LogP contribution in [0.5, 0.6) is 0 Å². The third-order valence-electron chi connectivity index (χ3n) is 10.8. The highest BCUT2D eigenvalue weighted by molar-refractivity contribution is 6.17. The number of nitrogens with one attached hydrogen (secondary N) is 2. The molecule has 0 aliphatic carbocycles. The Labute approximate surface area is 311 Å². The minimum atomic E-state index is -0.184. The van der Waals surface area contributed by atoms with Gasteiger partial charge in [0, 0.05) is 43.8 Å². The minimum absolute atomic E-state index is 0.138. The molecule has 1 aliphatic heterocycles. The van der Waals surface area contributed by atoms with Gasteiger partial charge in [-0.25, -0.2) is 4.99 Å². The summed E-state index contributed by atoms with van der Waals surface area (Å²) in [4.78, 5) is 5.06. The Morgan fingerprint density at radius 1 is 0.426 bits per heavy atom. The summed E-state index contributed by atoms with van der Waals surface area (Å²) in [5.74, 6) is 0.867. The lowest BCUT2D eigenvalue weighted by molar-refractivity contribution is 0.409. The molecule has 0 saturated heterocycles. The van der Waals surface area contributed by atoms with E-state index in [1.165, 1.54) is 10.8 Å². The summed E-state index contributed by atoms with van der Waals surface area (Å²) >= 11 is 0. The molecule has 2 aromatic heterocycles. The van der Waals surface area contributed by atoms with Crippen molar-refractivity contribution in [3.63, 3.8) is 0 Å². The zero-order chi connectivity index (χ0) is 35.6. The highest BCUT2D eigenvalue weighted by Gasteiger charge is 2.26. The van der Waals surface area contributed by atoms with Crippen molar-refractivity contribution < 1.29 is 8.83 Å². The van der Waals surface area contributed by atoms with Gasteiger partial charge in [0.2, 0.25) is 0 Å². The number of hydrogen-bond acceptors (Lipinski definition) is 5. The number of aliphatic imine (C=N–C) groups is 1. The zero-order valence-electron chi connectivity index (χ0n) is 29.2. The fraction of sp³-hybridized carbons (Fsp3) is 0.0408. The second-order valence-corrected chi connectivity index (χ2v) is 14.0. The van der Waals surface area contributed by atoms with Gasteiger partial charge in [0.1, 0.15) is 40.5 Å². The monoisotopic (exact) mass is 695 g/mol. The molecular formula is C49H33N3O2. The molecule has 0 saturated carbocycles. The maximum Gasteiger partial charge on any atom is 0.143 e. The average molecular weight is 696 g/mol. The van der Waals surface area contributed by atoms with Crippen LogP contribution in [0.25, 0.3) is 76.9 Å². The third-order valence-corrected chi connectivity index (χ3v) is 10.8. The second kappa shape index (κ2) is 12.3.